The van der Waals surface area contributed by atoms with Crippen molar-refractivity contribution in [1.82, 2.24) is 4.98 Å². The van der Waals surface area contributed by atoms with Gasteiger partial charge < -0.3 is 0 Å². The summed E-state index contributed by atoms with van der Waals surface area (Å²) in [4.78, 5) is 14.5. The molecule has 0 radical (unpaired) electrons. The number of carbonyl (C=O) groups excluding carboxylic acids is 1. The maximum absolute atomic E-state index is 12.4. The Labute approximate surface area is 78.8 Å². The monoisotopic (exact) mass is 203 g/mol. The van der Waals surface area contributed by atoms with Gasteiger partial charge in [0, 0.05) is 13.1 Å². The van der Waals surface area contributed by atoms with Gasteiger partial charge in [0.15, 0.2) is 5.78 Å². The Morgan fingerprint density at radius 3 is 2.43 bits per heavy atom. The van der Waals surface area contributed by atoms with E-state index < -0.39 is 17.5 Å². The SMILES string of the molecule is CC(=O)c1nccc(C(F)(F)F)c1C. The van der Waals surface area contributed by atoms with Crippen molar-refractivity contribution >= 4 is 5.78 Å². The molecule has 76 valence electrons. The van der Waals surface area contributed by atoms with Gasteiger partial charge in [-0.2, -0.15) is 13.2 Å². The highest BCUT2D eigenvalue weighted by molar-refractivity contribution is 5.93. The summed E-state index contributed by atoms with van der Waals surface area (Å²) in [5.41, 5.74) is -1.05. The third kappa shape index (κ3) is 1.92. The van der Waals surface area contributed by atoms with Crippen molar-refractivity contribution in [2.45, 2.75) is 20.0 Å². The third-order valence-corrected chi connectivity index (χ3v) is 1.84. The Kier molecular flexibility index (Phi) is 2.59. The van der Waals surface area contributed by atoms with Crippen LogP contribution in [0.25, 0.3) is 0 Å². The Morgan fingerprint density at radius 1 is 1.43 bits per heavy atom. The summed E-state index contributed by atoms with van der Waals surface area (Å²) in [7, 11) is 0. The second-order valence-corrected chi connectivity index (χ2v) is 2.89. The van der Waals surface area contributed by atoms with Crippen molar-refractivity contribution in [2.75, 3.05) is 0 Å². The van der Waals surface area contributed by atoms with Gasteiger partial charge in [-0.15, -0.1) is 0 Å². The molecule has 0 aliphatic rings. The zero-order valence-corrected chi connectivity index (χ0v) is 7.64. The minimum absolute atomic E-state index is 0.118. The molecule has 0 saturated heterocycles. The van der Waals surface area contributed by atoms with E-state index in [-0.39, 0.29) is 11.3 Å². The summed E-state index contributed by atoms with van der Waals surface area (Å²) < 4.78 is 37.1. The molecule has 14 heavy (non-hydrogen) atoms. The number of halogens is 3. The van der Waals surface area contributed by atoms with E-state index in [1.165, 1.54) is 13.8 Å². The number of pyridine rings is 1. The standard InChI is InChI=1S/C9H8F3NO/c1-5-7(9(10,11)12)3-4-13-8(5)6(2)14/h3-4H,1-2H3. The lowest BCUT2D eigenvalue weighted by Crippen LogP contribution is -2.11. The zero-order chi connectivity index (χ0) is 10.9. The van der Waals surface area contributed by atoms with E-state index in [2.05, 4.69) is 4.98 Å². The molecule has 0 aromatic carbocycles. The van der Waals surface area contributed by atoms with Crippen LogP contribution in [0.4, 0.5) is 13.2 Å². The van der Waals surface area contributed by atoms with Gasteiger partial charge in [-0.05, 0) is 18.6 Å². The highest BCUT2D eigenvalue weighted by atomic mass is 19.4. The van der Waals surface area contributed by atoms with Gasteiger partial charge in [0.2, 0.25) is 0 Å². The molecule has 1 rings (SSSR count). The molecule has 0 amide bonds. The van der Waals surface area contributed by atoms with Crippen molar-refractivity contribution in [3.05, 3.63) is 29.1 Å². The number of hydrogen-bond acceptors (Lipinski definition) is 2. The second kappa shape index (κ2) is 3.40. The summed E-state index contributed by atoms with van der Waals surface area (Å²) in [5, 5.41) is 0. The molecule has 0 aliphatic carbocycles. The largest absolute Gasteiger partial charge is 0.416 e. The highest BCUT2D eigenvalue weighted by Crippen LogP contribution is 2.32. The average molecular weight is 203 g/mol. The lowest BCUT2D eigenvalue weighted by atomic mass is 10.1. The van der Waals surface area contributed by atoms with E-state index in [1.54, 1.807) is 0 Å². The summed E-state index contributed by atoms with van der Waals surface area (Å²) in [6, 6.07) is 0.863. The molecule has 0 spiro atoms. The van der Waals surface area contributed by atoms with Crippen LogP contribution in [0.2, 0.25) is 0 Å². The fraction of sp³-hybridized carbons (Fsp3) is 0.333. The fourth-order valence-electron chi connectivity index (χ4n) is 1.20. The predicted octanol–water partition coefficient (Wildman–Crippen LogP) is 2.61. The average Bonchev–Trinajstić information content (AvgIpc) is 2.01. The molecule has 1 aromatic rings. The molecule has 1 aromatic heterocycles. The van der Waals surface area contributed by atoms with Crippen LogP contribution in [0.5, 0.6) is 0 Å². The van der Waals surface area contributed by atoms with Crippen molar-refractivity contribution in [3.63, 3.8) is 0 Å². The molecule has 0 atom stereocenters. The summed E-state index contributed by atoms with van der Waals surface area (Å²) >= 11 is 0. The van der Waals surface area contributed by atoms with Crippen molar-refractivity contribution in [3.8, 4) is 0 Å². The Bertz CT molecular complexity index is 371. The third-order valence-electron chi connectivity index (χ3n) is 1.84. The van der Waals surface area contributed by atoms with Crippen molar-refractivity contribution < 1.29 is 18.0 Å². The minimum atomic E-state index is -4.43. The highest BCUT2D eigenvalue weighted by Gasteiger charge is 2.33. The quantitative estimate of drug-likeness (QED) is 0.656. The van der Waals surface area contributed by atoms with Gasteiger partial charge in [0.1, 0.15) is 5.69 Å². The first kappa shape index (κ1) is 10.7. The van der Waals surface area contributed by atoms with Gasteiger partial charge in [-0.3, -0.25) is 9.78 Å². The minimum Gasteiger partial charge on any atom is -0.293 e. The number of hydrogen-bond donors (Lipinski definition) is 0. The van der Waals surface area contributed by atoms with Gasteiger partial charge in [0.25, 0.3) is 0 Å². The fourth-order valence-corrected chi connectivity index (χ4v) is 1.20. The normalized spacial score (nSPS) is 11.5. The van der Waals surface area contributed by atoms with Crippen LogP contribution in [-0.2, 0) is 6.18 Å². The topological polar surface area (TPSA) is 30.0 Å². The van der Waals surface area contributed by atoms with E-state index in [0.29, 0.717) is 0 Å². The summed E-state index contributed by atoms with van der Waals surface area (Å²) in [6.45, 7) is 2.43. The van der Waals surface area contributed by atoms with Crippen LogP contribution >= 0.6 is 0 Å². The number of nitrogens with zero attached hydrogens (tertiary/aromatic N) is 1. The molecule has 5 heteroatoms. The number of aromatic nitrogens is 1. The molecule has 0 bridgehead atoms. The lowest BCUT2D eigenvalue weighted by molar-refractivity contribution is -0.138. The Hall–Kier alpha value is -1.39. The number of rotatable bonds is 1. The molecule has 0 N–H and O–H groups in total. The summed E-state index contributed by atoms with van der Waals surface area (Å²) in [5.74, 6) is -0.464. The molecule has 1 heterocycles. The molecule has 0 unspecified atom stereocenters. The number of ketones is 1. The van der Waals surface area contributed by atoms with Crippen LogP contribution in [-0.4, -0.2) is 10.8 Å². The van der Waals surface area contributed by atoms with Crippen LogP contribution in [0.3, 0.4) is 0 Å². The van der Waals surface area contributed by atoms with Crippen LogP contribution in [0.15, 0.2) is 12.3 Å². The van der Waals surface area contributed by atoms with Crippen molar-refractivity contribution in [1.29, 1.82) is 0 Å². The maximum Gasteiger partial charge on any atom is 0.416 e. The van der Waals surface area contributed by atoms with Crippen LogP contribution in [0.1, 0.15) is 28.5 Å². The van der Waals surface area contributed by atoms with E-state index in [9.17, 15) is 18.0 Å². The van der Waals surface area contributed by atoms with E-state index in [4.69, 9.17) is 0 Å². The van der Waals surface area contributed by atoms with Gasteiger partial charge >= 0.3 is 6.18 Å². The maximum atomic E-state index is 12.4. The molecule has 0 saturated carbocycles. The molecular formula is C9H8F3NO. The van der Waals surface area contributed by atoms with E-state index in [1.807, 2.05) is 0 Å². The molecule has 0 aliphatic heterocycles. The summed E-state index contributed by atoms with van der Waals surface area (Å²) in [6.07, 6.45) is -3.44. The first-order valence-corrected chi connectivity index (χ1v) is 3.87. The Balaban J connectivity index is 3.35. The molecule has 0 fully saturated rings. The number of carbonyl (C=O) groups is 1. The second-order valence-electron chi connectivity index (χ2n) is 2.89. The molecule has 2 nitrogen and oxygen atoms in total. The Morgan fingerprint density at radius 2 is 2.00 bits per heavy atom. The van der Waals surface area contributed by atoms with Gasteiger partial charge in [-0.25, -0.2) is 0 Å². The predicted molar refractivity (Wildman–Crippen MR) is 44.0 cm³/mol. The smallest absolute Gasteiger partial charge is 0.293 e. The van der Waals surface area contributed by atoms with Gasteiger partial charge in [-0.1, -0.05) is 0 Å². The van der Waals surface area contributed by atoms with E-state index >= 15 is 0 Å². The van der Waals surface area contributed by atoms with E-state index in [0.717, 1.165) is 12.3 Å². The first-order valence-electron chi connectivity index (χ1n) is 3.87. The number of Topliss-reactive ketones (excluding diaryl/α,β-unsaturated/α-hetero) is 1. The number of alkyl halides is 3. The molecular weight excluding hydrogens is 195 g/mol. The lowest BCUT2D eigenvalue weighted by Gasteiger charge is -2.11. The van der Waals surface area contributed by atoms with Crippen LogP contribution < -0.4 is 0 Å². The van der Waals surface area contributed by atoms with Crippen LogP contribution in [0, 0.1) is 6.92 Å². The van der Waals surface area contributed by atoms with Crippen molar-refractivity contribution in [2.24, 2.45) is 0 Å². The van der Waals surface area contributed by atoms with Gasteiger partial charge in [0.05, 0.1) is 5.56 Å². The first-order chi connectivity index (χ1) is 6.34. The zero-order valence-electron chi connectivity index (χ0n) is 7.64.